The van der Waals surface area contributed by atoms with E-state index in [0.717, 1.165) is 0 Å². The van der Waals surface area contributed by atoms with Gasteiger partial charge in [0.15, 0.2) is 0 Å². The SMILES string of the molecule is O=[As](O)(O)O.[H-].[K+].[Ti]. The van der Waals surface area contributed by atoms with Crippen LogP contribution in [0, 0.1) is 0 Å². The molecule has 0 aliphatic rings. The van der Waals surface area contributed by atoms with Gasteiger partial charge in [-0.25, -0.2) is 0 Å². The van der Waals surface area contributed by atoms with Gasteiger partial charge in [-0.05, 0) is 0 Å². The van der Waals surface area contributed by atoms with Crippen LogP contribution in [0.25, 0.3) is 0 Å². The molecule has 0 rings (SSSR count). The summed E-state index contributed by atoms with van der Waals surface area (Å²) in [7, 11) is 0. The van der Waals surface area contributed by atoms with Crippen LogP contribution in [0.1, 0.15) is 1.43 Å². The smallest absolute Gasteiger partial charge is 1.00 e. The normalized spacial score (nSPS) is 8.43. The van der Waals surface area contributed by atoms with Crippen LogP contribution >= 0.6 is 0 Å². The largest absolute Gasteiger partial charge is 1.00 e. The average molecular weight is 230 g/mol. The Balaban J connectivity index is -0.0000000267. The van der Waals surface area contributed by atoms with E-state index in [-0.39, 0.29) is 74.5 Å². The van der Waals surface area contributed by atoms with E-state index in [2.05, 4.69) is 0 Å². The molecule has 0 fully saturated rings. The van der Waals surface area contributed by atoms with Gasteiger partial charge < -0.3 is 1.43 Å². The molecule has 3 N–H and O–H groups in total. The van der Waals surface area contributed by atoms with E-state index >= 15 is 0 Å². The summed E-state index contributed by atoms with van der Waals surface area (Å²) in [4.78, 5) is 0. The van der Waals surface area contributed by atoms with E-state index in [1.54, 1.807) is 0 Å². The van der Waals surface area contributed by atoms with Crippen LogP contribution in [-0.4, -0.2) is 26.8 Å². The zero-order valence-electron chi connectivity index (χ0n) is 4.70. The quantitative estimate of drug-likeness (QED) is 0.364. The molecule has 7 heavy (non-hydrogen) atoms. The van der Waals surface area contributed by atoms with Gasteiger partial charge in [-0.3, -0.25) is 0 Å². The third kappa shape index (κ3) is 55.6. The fourth-order valence-electron chi connectivity index (χ4n) is 0. The van der Waals surface area contributed by atoms with Gasteiger partial charge in [0.25, 0.3) is 0 Å². The molecule has 0 radical (unpaired) electrons. The van der Waals surface area contributed by atoms with Crippen molar-refractivity contribution in [1.82, 2.24) is 0 Å². The van der Waals surface area contributed by atoms with Crippen LogP contribution in [0.15, 0.2) is 0 Å². The second-order valence-electron chi connectivity index (χ2n) is 0.513. The standard InChI is InChI=1S/AsH3O4.K.Ti.H/c2-1(3,4)5;;;/h(H3,2,3,4,5);;;/q;+1;;-1. The predicted octanol–water partition coefficient (Wildman–Crippen LogP) is -5.06. The second kappa shape index (κ2) is 6.71. The minimum Gasteiger partial charge on any atom is -1.00 e. The molecule has 0 heterocycles. The summed E-state index contributed by atoms with van der Waals surface area (Å²) in [5.41, 5.74) is 0. The summed E-state index contributed by atoms with van der Waals surface area (Å²) in [6.45, 7) is 0. The molecular weight excluding hydrogens is 226 g/mol. The van der Waals surface area contributed by atoms with Crippen molar-refractivity contribution in [2.75, 3.05) is 0 Å². The first-order chi connectivity index (χ1) is 2.00. The molecule has 38 valence electrons. The van der Waals surface area contributed by atoms with Gasteiger partial charge in [0, 0.05) is 21.7 Å². The minimum atomic E-state index is -5.12. The number of rotatable bonds is 0. The van der Waals surface area contributed by atoms with Crippen molar-refractivity contribution >= 4 is 14.5 Å². The Hall–Kier alpha value is 2.59. The van der Waals surface area contributed by atoms with Gasteiger partial charge in [0.05, 0.1) is 0 Å². The third-order valence-corrected chi connectivity index (χ3v) is 0. The monoisotopic (exact) mass is 230 g/mol. The molecule has 4 nitrogen and oxygen atoms in total. The third-order valence-electron chi connectivity index (χ3n) is 0. The first-order valence-electron chi connectivity index (χ1n) is 0.783. The van der Waals surface area contributed by atoms with Gasteiger partial charge in [-0.1, -0.05) is 0 Å². The Labute approximate surface area is 103 Å². The molecule has 0 aromatic carbocycles. The Morgan fingerprint density at radius 3 is 1.29 bits per heavy atom. The topological polar surface area (TPSA) is 77.8 Å². The predicted molar refractivity (Wildman–Crippen MR) is 14.2 cm³/mol. The molecule has 0 bridgehead atoms. The van der Waals surface area contributed by atoms with Crippen molar-refractivity contribution in [3.63, 3.8) is 0 Å². The molecule has 0 spiro atoms. The molecule has 0 aromatic rings. The van der Waals surface area contributed by atoms with Gasteiger partial charge in [0.1, 0.15) is 0 Å². The van der Waals surface area contributed by atoms with Crippen LogP contribution in [0.3, 0.4) is 0 Å². The fourth-order valence-corrected chi connectivity index (χ4v) is 0. The summed E-state index contributed by atoms with van der Waals surface area (Å²) in [6.07, 6.45) is 0. The van der Waals surface area contributed by atoms with E-state index in [4.69, 9.17) is 16.0 Å². The maximum absolute atomic E-state index is 8.94. The van der Waals surface area contributed by atoms with E-state index < -0.39 is 14.5 Å². The Morgan fingerprint density at radius 2 is 1.29 bits per heavy atom. The van der Waals surface area contributed by atoms with Crippen LogP contribution in [0.5, 0.6) is 0 Å². The molecule has 0 amide bonds. The summed E-state index contributed by atoms with van der Waals surface area (Å²) in [5, 5.41) is 0. The minimum absolute atomic E-state index is 0. The maximum atomic E-state index is 8.94. The van der Waals surface area contributed by atoms with E-state index in [0.29, 0.717) is 0 Å². The van der Waals surface area contributed by atoms with E-state index in [9.17, 15) is 0 Å². The van der Waals surface area contributed by atoms with E-state index in [1.165, 1.54) is 0 Å². The molecular formula is H4AsKO4Ti. The van der Waals surface area contributed by atoms with Crippen LogP contribution in [-0.2, 0) is 25.5 Å². The molecule has 0 aliphatic carbocycles. The van der Waals surface area contributed by atoms with Gasteiger partial charge in [-0.2, -0.15) is 0 Å². The molecule has 7 heteroatoms. The van der Waals surface area contributed by atoms with Gasteiger partial charge in [-0.15, -0.1) is 0 Å². The van der Waals surface area contributed by atoms with Crippen molar-refractivity contribution < 1.29 is 90.6 Å². The fraction of sp³-hybridized carbons (Fsp3) is 0. The van der Waals surface area contributed by atoms with Gasteiger partial charge >= 0.3 is 81.9 Å². The van der Waals surface area contributed by atoms with Crippen molar-refractivity contribution in [2.24, 2.45) is 0 Å². The first-order valence-corrected chi connectivity index (χ1v) is 4.07. The number of hydrogen-bond donors (Lipinski definition) is 3. The van der Waals surface area contributed by atoms with Crippen LogP contribution < -0.4 is 51.4 Å². The maximum Gasteiger partial charge on any atom is 1.00 e. The summed E-state index contributed by atoms with van der Waals surface area (Å²) in [6, 6.07) is 0. The van der Waals surface area contributed by atoms with Crippen molar-refractivity contribution in [1.29, 1.82) is 0 Å². The van der Waals surface area contributed by atoms with Crippen LogP contribution in [0.4, 0.5) is 0 Å². The molecule has 0 saturated carbocycles. The molecule has 0 atom stereocenters. The van der Waals surface area contributed by atoms with Crippen molar-refractivity contribution in [3.8, 4) is 0 Å². The second-order valence-corrected chi connectivity index (χ2v) is 2.67. The zero-order chi connectivity index (χ0) is 4.50. The summed E-state index contributed by atoms with van der Waals surface area (Å²) < 4.78 is 30.7. The molecule has 0 saturated heterocycles. The summed E-state index contributed by atoms with van der Waals surface area (Å²) in [5.74, 6) is 0. The zero-order valence-corrected chi connectivity index (χ0v) is 10.3. The van der Waals surface area contributed by atoms with Gasteiger partial charge in [0.2, 0.25) is 0 Å². The molecule has 0 aromatic heterocycles. The Bertz CT molecular complexity index is 62.2. The van der Waals surface area contributed by atoms with E-state index in [1.807, 2.05) is 0 Å². The average Bonchev–Trinajstić information content (AvgIpc) is 0.722. The first kappa shape index (κ1) is 16.3. The Morgan fingerprint density at radius 1 is 1.29 bits per heavy atom. The van der Waals surface area contributed by atoms with Crippen molar-refractivity contribution in [3.05, 3.63) is 0 Å². The molecule has 0 unspecified atom stereocenters. The summed E-state index contributed by atoms with van der Waals surface area (Å²) >= 11 is -5.12. The number of hydrogen-bond acceptors (Lipinski definition) is 1. The van der Waals surface area contributed by atoms with Crippen molar-refractivity contribution in [2.45, 2.75) is 0 Å². The molecule has 0 aliphatic heterocycles. The Kier molecular flexibility index (Phi) is 15.6. The van der Waals surface area contributed by atoms with Crippen LogP contribution in [0.2, 0.25) is 0 Å².